The standard InChI is InChI=1S/C22H34N2O8/c1-6-18(26)30-8-10-31-19(27)23-15-22(5)12-17(11-21(3,4)14-22)24-20(28)32-9-7-29-16(2)13-25/h6,13,17H,1-2,7-12,14-15H2,3-5H3,(H,23,27)(H,24,28). The lowest BCUT2D eigenvalue weighted by atomic mass is 9.62. The largest absolute Gasteiger partial charge is 0.487 e. The molecule has 2 unspecified atom stereocenters. The summed E-state index contributed by atoms with van der Waals surface area (Å²) in [5.74, 6) is -0.607. The van der Waals surface area contributed by atoms with Crippen LogP contribution in [0.25, 0.3) is 0 Å². The number of ether oxygens (including phenoxy) is 4. The summed E-state index contributed by atoms with van der Waals surface area (Å²) >= 11 is 0. The highest BCUT2D eigenvalue weighted by Gasteiger charge is 2.42. The van der Waals surface area contributed by atoms with Gasteiger partial charge in [-0.3, -0.25) is 4.79 Å². The fraction of sp³-hybridized carbons (Fsp3) is 0.636. The molecule has 2 amide bonds. The first-order valence-corrected chi connectivity index (χ1v) is 10.4. The summed E-state index contributed by atoms with van der Waals surface area (Å²) in [4.78, 5) is 45.4. The molecular formula is C22H34N2O8. The van der Waals surface area contributed by atoms with Gasteiger partial charge in [-0.1, -0.05) is 33.9 Å². The van der Waals surface area contributed by atoms with Crippen molar-refractivity contribution < 1.29 is 38.1 Å². The first-order valence-electron chi connectivity index (χ1n) is 10.4. The van der Waals surface area contributed by atoms with E-state index in [1.165, 1.54) is 0 Å². The molecule has 0 radical (unpaired) electrons. The fourth-order valence-electron chi connectivity index (χ4n) is 4.09. The van der Waals surface area contributed by atoms with Gasteiger partial charge in [0.05, 0.1) is 0 Å². The molecule has 0 saturated heterocycles. The molecule has 1 fully saturated rings. The van der Waals surface area contributed by atoms with Crippen molar-refractivity contribution in [3.8, 4) is 0 Å². The van der Waals surface area contributed by atoms with Crippen LogP contribution in [-0.2, 0) is 28.5 Å². The lowest BCUT2D eigenvalue weighted by Gasteiger charge is -2.46. The number of carbonyl (C=O) groups is 4. The van der Waals surface area contributed by atoms with Crippen LogP contribution in [0.3, 0.4) is 0 Å². The maximum atomic E-state index is 12.1. The van der Waals surface area contributed by atoms with Gasteiger partial charge in [-0.15, -0.1) is 0 Å². The van der Waals surface area contributed by atoms with E-state index in [0.717, 1.165) is 18.9 Å². The number of aldehydes is 1. The molecule has 32 heavy (non-hydrogen) atoms. The SMILES string of the molecule is C=CC(=O)OCCOC(=O)NCC1(C)CC(NC(=O)OCCOC(=C)C=O)CC(C)(C)C1. The fourth-order valence-corrected chi connectivity index (χ4v) is 4.09. The zero-order valence-corrected chi connectivity index (χ0v) is 19.1. The van der Waals surface area contributed by atoms with Crippen molar-refractivity contribution in [1.82, 2.24) is 10.6 Å². The van der Waals surface area contributed by atoms with Crippen LogP contribution < -0.4 is 10.6 Å². The number of nitrogens with one attached hydrogen (secondary N) is 2. The zero-order chi connectivity index (χ0) is 24.2. The van der Waals surface area contributed by atoms with Crippen molar-refractivity contribution in [2.75, 3.05) is 33.0 Å². The molecule has 1 rings (SSSR count). The molecule has 2 N–H and O–H groups in total. The highest BCUT2D eigenvalue weighted by atomic mass is 16.6. The minimum atomic E-state index is -0.606. The van der Waals surface area contributed by atoms with E-state index >= 15 is 0 Å². The van der Waals surface area contributed by atoms with Gasteiger partial charge in [0.2, 0.25) is 0 Å². The minimum Gasteiger partial charge on any atom is -0.487 e. The Labute approximate surface area is 188 Å². The Balaban J connectivity index is 2.46. The number of carbonyl (C=O) groups excluding carboxylic acids is 4. The quantitative estimate of drug-likeness (QED) is 0.115. The van der Waals surface area contributed by atoms with Crippen molar-refractivity contribution in [2.45, 2.75) is 46.1 Å². The van der Waals surface area contributed by atoms with Crippen molar-refractivity contribution in [1.29, 1.82) is 0 Å². The van der Waals surface area contributed by atoms with Gasteiger partial charge in [0, 0.05) is 18.7 Å². The molecule has 0 bridgehead atoms. The van der Waals surface area contributed by atoms with Crippen LogP contribution in [0.4, 0.5) is 9.59 Å². The highest BCUT2D eigenvalue weighted by Crippen LogP contribution is 2.45. The maximum absolute atomic E-state index is 12.1. The molecule has 0 aromatic rings. The van der Waals surface area contributed by atoms with Crippen LogP contribution in [0.15, 0.2) is 25.0 Å². The predicted octanol–water partition coefficient (Wildman–Crippen LogP) is 2.48. The zero-order valence-electron chi connectivity index (χ0n) is 19.1. The van der Waals surface area contributed by atoms with Crippen LogP contribution in [0.1, 0.15) is 40.0 Å². The topological polar surface area (TPSA) is 129 Å². The highest BCUT2D eigenvalue weighted by molar-refractivity contribution is 5.81. The van der Waals surface area contributed by atoms with E-state index in [1.54, 1.807) is 0 Å². The summed E-state index contributed by atoms with van der Waals surface area (Å²) < 4.78 is 19.8. The van der Waals surface area contributed by atoms with Crippen molar-refractivity contribution in [2.24, 2.45) is 10.8 Å². The van der Waals surface area contributed by atoms with Crippen LogP contribution in [-0.4, -0.2) is 63.5 Å². The van der Waals surface area contributed by atoms with Gasteiger partial charge >= 0.3 is 18.2 Å². The first-order chi connectivity index (χ1) is 15.0. The Kier molecular flexibility index (Phi) is 10.7. The summed E-state index contributed by atoms with van der Waals surface area (Å²) in [6.45, 7) is 13.2. The summed E-state index contributed by atoms with van der Waals surface area (Å²) in [5.41, 5.74) is -0.348. The van der Waals surface area contributed by atoms with Crippen LogP contribution >= 0.6 is 0 Å². The molecular weight excluding hydrogens is 420 g/mol. The van der Waals surface area contributed by atoms with Crippen LogP contribution in [0, 0.1) is 10.8 Å². The second-order valence-electron chi connectivity index (χ2n) is 8.83. The Morgan fingerprint density at radius 3 is 2.19 bits per heavy atom. The summed E-state index contributed by atoms with van der Waals surface area (Å²) in [6.07, 6.45) is 2.57. The van der Waals surface area contributed by atoms with Crippen molar-refractivity contribution >= 4 is 24.4 Å². The van der Waals surface area contributed by atoms with E-state index in [4.69, 9.17) is 18.9 Å². The van der Waals surface area contributed by atoms with Crippen LogP contribution in [0.5, 0.6) is 0 Å². The average molecular weight is 455 g/mol. The minimum absolute atomic E-state index is 0.0123. The van der Waals surface area contributed by atoms with Gasteiger partial charge in [0.1, 0.15) is 26.4 Å². The summed E-state index contributed by atoms with van der Waals surface area (Å²) in [6, 6.07) is -0.141. The molecule has 10 nitrogen and oxygen atoms in total. The van der Waals surface area contributed by atoms with E-state index < -0.39 is 18.2 Å². The van der Waals surface area contributed by atoms with Crippen molar-refractivity contribution in [3.05, 3.63) is 25.0 Å². The molecule has 0 aliphatic heterocycles. The Morgan fingerprint density at radius 2 is 1.56 bits per heavy atom. The predicted molar refractivity (Wildman–Crippen MR) is 116 cm³/mol. The van der Waals surface area contributed by atoms with Crippen LogP contribution in [0.2, 0.25) is 0 Å². The number of rotatable bonds is 12. The monoisotopic (exact) mass is 454 g/mol. The third-order valence-corrected chi connectivity index (χ3v) is 4.89. The van der Waals surface area contributed by atoms with E-state index in [1.807, 2.05) is 6.92 Å². The normalized spacial score (nSPS) is 21.4. The number of hydrogen-bond acceptors (Lipinski definition) is 8. The Hall–Kier alpha value is -3.04. The Morgan fingerprint density at radius 1 is 0.969 bits per heavy atom. The maximum Gasteiger partial charge on any atom is 0.407 e. The average Bonchev–Trinajstić information content (AvgIpc) is 2.71. The van der Waals surface area contributed by atoms with Gasteiger partial charge < -0.3 is 29.6 Å². The molecule has 0 heterocycles. The first kappa shape index (κ1) is 27.0. The second kappa shape index (κ2) is 12.7. The van der Waals surface area contributed by atoms with E-state index in [2.05, 4.69) is 37.6 Å². The van der Waals surface area contributed by atoms with E-state index in [9.17, 15) is 19.2 Å². The molecule has 1 saturated carbocycles. The number of amides is 2. The molecule has 0 spiro atoms. The van der Waals surface area contributed by atoms with Gasteiger partial charge in [-0.05, 0) is 30.1 Å². The third kappa shape index (κ3) is 10.8. The Bertz CT molecular complexity index is 706. The van der Waals surface area contributed by atoms with E-state index in [-0.39, 0.29) is 49.1 Å². The third-order valence-electron chi connectivity index (χ3n) is 4.89. The molecule has 180 valence electrons. The van der Waals surface area contributed by atoms with Gasteiger partial charge in [0.15, 0.2) is 12.0 Å². The van der Waals surface area contributed by atoms with Gasteiger partial charge in [-0.25, -0.2) is 14.4 Å². The van der Waals surface area contributed by atoms with E-state index in [0.29, 0.717) is 19.3 Å². The van der Waals surface area contributed by atoms with Gasteiger partial charge in [0.25, 0.3) is 0 Å². The smallest absolute Gasteiger partial charge is 0.407 e. The summed E-state index contributed by atoms with van der Waals surface area (Å²) in [7, 11) is 0. The molecule has 2 atom stereocenters. The number of alkyl carbamates (subject to hydrolysis) is 2. The number of esters is 1. The van der Waals surface area contributed by atoms with Gasteiger partial charge in [-0.2, -0.15) is 0 Å². The van der Waals surface area contributed by atoms with Crippen molar-refractivity contribution in [3.63, 3.8) is 0 Å². The summed E-state index contributed by atoms with van der Waals surface area (Å²) in [5, 5.41) is 5.61. The molecule has 10 heteroatoms. The molecule has 0 aromatic heterocycles. The molecule has 1 aliphatic rings. The lowest BCUT2D eigenvalue weighted by molar-refractivity contribution is -0.138. The molecule has 0 aromatic carbocycles. The second-order valence-corrected chi connectivity index (χ2v) is 8.83. The lowest BCUT2D eigenvalue weighted by Crippen LogP contribution is -2.50. The number of allylic oxidation sites excluding steroid dienone is 1. The molecule has 1 aliphatic carbocycles. The number of hydrogen-bond donors (Lipinski definition) is 2.